The molecule has 0 saturated heterocycles. The van der Waals surface area contributed by atoms with Crippen molar-refractivity contribution < 1.29 is 18.8 Å². The van der Waals surface area contributed by atoms with Crippen molar-refractivity contribution in [1.82, 2.24) is 0 Å². The molecule has 0 radical (unpaired) electrons. The number of alkyl halides is 1. The van der Waals surface area contributed by atoms with Crippen molar-refractivity contribution in [3.63, 3.8) is 0 Å². The molecule has 6 heteroatoms. The Labute approximate surface area is 96.3 Å². The molecule has 90 valence electrons. The van der Waals surface area contributed by atoms with Gasteiger partial charge in [-0.25, -0.2) is 4.39 Å². The number of ether oxygens (including phenoxy) is 1. The first kappa shape index (κ1) is 11.3. The average Bonchev–Trinajstić information content (AvgIpc) is 2.74. The van der Waals surface area contributed by atoms with Crippen LogP contribution < -0.4 is 10.5 Å². The number of hydrogen-bond acceptors (Lipinski definition) is 4. The van der Waals surface area contributed by atoms with Gasteiger partial charge < -0.3 is 20.1 Å². The second-order valence-electron chi connectivity index (χ2n) is 3.28. The van der Waals surface area contributed by atoms with Gasteiger partial charge in [0.05, 0.1) is 5.39 Å². The number of rotatable bonds is 4. The fraction of sp³-hybridized carbons (Fsp3) is 0.182. The molecular formula is C11H11FN2O3. The summed E-state index contributed by atoms with van der Waals surface area (Å²) in [6, 6.07) is 7.03. The molecule has 0 bridgehead atoms. The number of hydrogen-bond donors (Lipinski definition) is 2. The molecule has 0 atom stereocenters. The maximum atomic E-state index is 12.1. The van der Waals surface area contributed by atoms with Crippen molar-refractivity contribution in [2.75, 3.05) is 13.3 Å². The van der Waals surface area contributed by atoms with Crippen LogP contribution in [0.25, 0.3) is 11.0 Å². The molecule has 0 unspecified atom stereocenters. The Kier molecular flexibility index (Phi) is 3.13. The molecule has 0 aliphatic heterocycles. The van der Waals surface area contributed by atoms with Crippen LogP contribution in [0.15, 0.2) is 33.8 Å². The standard InChI is InChI=1S/C11H11FN2O3/c12-5-6-16-9-7-3-1-2-4-8(7)17-10(9)11(13)14-15/h1-4,15H,5-6H2,(H2,13,14). The molecule has 0 aliphatic rings. The van der Waals surface area contributed by atoms with Gasteiger partial charge in [-0.2, -0.15) is 0 Å². The summed E-state index contributed by atoms with van der Waals surface area (Å²) in [6.45, 7) is -0.746. The Balaban J connectivity index is 2.56. The molecule has 2 rings (SSSR count). The summed E-state index contributed by atoms with van der Waals surface area (Å²) in [7, 11) is 0. The summed E-state index contributed by atoms with van der Waals surface area (Å²) < 4.78 is 22.7. The zero-order valence-electron chi connectivity index (χ0n) is 8.89. The third-order valence-electron chi connectivity index (χ3n) is 2.21. The van der Waals surface area contributed by atoms with E-state index in [1.165, 1.54) is 0 Å². The van der Waals surface area contributed by atoms with Crippen LogP contribution in [0.5, 0.6) is 5.75 Å². The molecule has 1 heterocycles. The number of nitrogens with zero attached hydrogens (tertiary/aromatic N) is 1. The smallest absolute Gasteiger partial charge is 0.215 e. The third-order valence-corrected chi connectivity index (χ3v) is 2.21. The number of nitrogens with two attached hydrogens (primary N) is 1. The molecule has 0 aliphatic carbocycles. The Morgan fingerprint density at radius 2 is 2.24 bits per heavy atom. The lowest BCUT2D eigenvalue weighted by atomic mass is 10.2. The van der Waals surface area contributed by atoms with Crippen molar-refractivity contribution in [2.45, 2.75) is 0 Å². The lowest BCUT2D eigenvalue weighted by Crippen LogP contribution is -2.14. The quantitative estimate of drug-likeness (QED) is 0.369. The highest BCUT2D eigenvalue weighted by molar-refractivity contribution is 6.03. The summed E-state index contributed by atoms with van der Waals surface area (Å²) in [5.41, 5.74) is 5.99. The van der Waals surface area contributed by atoms with Crippen molar-refractivity contribution >= 4 is 16.8 Å². The number of para-hydroxylation sites is 1. The normalized spacial score (nSPS) is 11.9. The lowest BCUT2D eigenvalue weighted by Gasteiger charge is -2.02. The van der Waals surface area contributed by atoms with E-state index >= 15 is 0 Å². The van der Waals surface area contributed by atoms with Gasteiger partial charge in [-0.15, -0.1) is 0 Å². The van der Waals surface area contributed by atoms with Crippen LogP contribution in [0.1, 0.15) is 5.76 Å². The number of fused-ring (bicyclic) bond motifs is 1. The van der Waals surface area contributed by atoms with Crippen LogP contribution in [-0.4, -0.2) is 24.3 Å². The number of amidine groups is 1. The van der Waals surface area contributed by atoms with Gasteiger partial charge in [-0.05, 0) is 12.1 Å². The third kappa shape index (κ3) is 2.01. The van der Waals surface area contributed by atoms with E-state index in [9.17, 15) is 4.39 Å². The van der Waals surface area contributed by atoms with E-state index in [0.29, 0.717) is 11.0 Å². The van der Waals surface area contributed by atoms with Gasteiger partial charge in [0.1, 0.15) is 18.9 Å². The molecular weight excluding hydrogens is 227 g/mol. The maximum absolute atomic E-state index is 12.1. The number of furan rings is 1. The minimum absolute atomic E-state index is 0.0992. The minimum atomic E-state index is -0.630. The summed E-state index contributed by atoms with van der Waals surface area (Å²) in [5.74, 6) is 0.172. The van der Waals surface area contributed by atoms with Gasteiger partial charge in [0, 0.05) is 0 Å². The first-order valence-electron chi connectivity index (χ1n) is 4.96. The van der Waals surface area contributed by atoms with Crippen LogP contribution in [0, 0.1) is 0 Å². The lowest BCUT2D eigenvalue weighted by molar-refractivity contribution is 0.271. The van der Waals surface area contributed by atoms with Crippen molar-refractivity contribution in [2.24, 2.45) is 10.9 Å². The first-order valence-corrected chi connectivity index (χ1v) is 4.96. The van der Waals surface area contributed by atoms with Crippen LogP contribution >= 0.6 is 0 Å². The van der Waals surface area contributed by atoms with E-state index < -0.39 is 6.67 Å². The van der Waals surface area contributed by atoms with Crippen LogP contribution in [0.3, 0.4) is 0 Å². The molecule has 1 aromatic carbocycles. The Morgan fingerprint density at radius 3 is 2.94 bits per heavy atom. The zero-order chi connectivity index (χ0) is 12.3. The number of halogens is 1. The number of oxime groups is 1. The van der Waals surface area contributed by atoms with E-state index in [1.807, 2.05) is 0 Å². The summed E-state index contributed by atoms with van der Waals surface area (Å²) in [6.07, 6.45) is 0. The van der Waals surface area contributed by atoms with Crippen molar-refractivity contribution in [3.8, 4) is 5.75 Å². The first-order chi connectivity index (χ1) is 8.27. The molecule has 2 aromatic rings. The molecule has 0 spiro atoms. The van der Waals surface area contributed by atoms with Gasteiger partial charge in [-0.3, -0.25) is 0 Å². The summed E-state index contributed by atoms with van der Waals surface area (Å²) in [5, 5.41) is 12.1. The topological polar surface area (TPSA) is 81.0 Å². The molecule has 0 fully saturated rings. The van der Waals surface area contributed by atoms with Gasteiger partial charge in [0.25, 0.3) is 0 Å². The average molecular weight is 238 g/mol. The fourth-order valence-corrected chi connectivity index (χ4v) is 1.52. The Morgan fingerprint density at radius 1 is 1.47 bits per heavy atom. The molecule has 0 amide bonds. The number of benzene rings is 1. The summed E-state index contributed by atoms with van der Waals surface area (Å²) in [4.78, 5) is 0. The zero-order valence-corrected chi connectivity index (χ0v) is 8.89. The highest BCUT2D eigenvalue weighted by Gasteiger charge is 2.18. The highest BCUT2D eigenvalue weighted by atomic mass is 19.1. The minimum Gasteiger partial charge on any atom is -0.486 e. The molecule has 5 nitrogen and oxygen atoms in total. The van der Waals surface area contributed by atoms with Gasteiger partial charge >= 0.3 is 0 Å². The molecule has 0 saturated carbocycles. The van der Waals surface area contributed by atoms with Gasteiger partial charge in [0.2, 0.25) is 11.6 Å². The van der Waals surface area contributed by atoms with E-state index in [-0.39, 0.29) is 24.0 Å². The van der Waals surface area contributed by atoms with E-state index in [0.717, 1.165) is 0 Å². The van der Waals surface area contributed by atoms with E-state index in [4.69, 9.17) is 20.1 Å². The summed E-state index contributed by atoms with van der Waals surface area (Å²) >= 11 is 0. The van der Waals surface area contributed by atoms with Gasteiger partial charge in [-0.1, -0.05) is 17.3 Å². The largest absolute Gasteiger partial charge is 0.486 e. The predicted molar refractivity (Wildman–Crippen MR) is 60.2 cm³/mol. The van der Waals surface area contributed by atoms with E-state index in [2.05, 4.69) is 5.16 Å². The van der Waals surface area contributed by atoms with E-state index in [1.54, 1.807) is 24.3 Å². The maximum Gasteiger partial charge on any atom is 0.215 e. The van der Waals surface area contributed by atoms with Crippen LogP contribution in [-0.2, 0) is 0 Å². The second kappa shape index (κ2) is 4.73. The van der Waals surface area contributed by atoms with Crippen LogP contribution in [0.2, 0.25) is 0 Å². The molecule has 1 aromatic heterocycles. The van der Waals surface area contributed by atoms with Gasteiger partial charge in [0.15, 0.2) is 5.75 Å². The van der Waals surface area contributed by atoms with Crippen molar-refractivity contribution in [1.29, 1.82) is 0 Å². The highest BCUT2D eigenvalue weighted by Crippen LogP contribution is 2.32. The van der Waals surface area contributed by atoms with Crippen LogP contribution in [0.4, 0.5) is 4.39 Å². The molecule has 17 heavy (non-hydrogen) atoms. The fourth-order valence-electron chi connectivity index (χ4n) is 1.52. The predicted octanol–water partition coefficient (Wildman–Crippen LogP) is 1.88. The Hall–Kier alpha value is -2.24. The monoisotopic (exact) mass is 238 g/mol. The SMILES string of the molecule is N/C(=N/O)c1oc2ccccc2c1OCCF. The Bertz CT molecular complexity index is 551. The second-order valence-corrected chi connectivity index (χ2v) is 3.28. The van der Waals surface area contributed by atoms with Crippen molar-refractivity contribution in [3.05, 3.63) is 30.0 Å². The molecule has 3 N–H and O–H groups in total.